The molecule has 2 nitrogen and oxygen atoms in total. The van der Waals surface area contributed by atoms with Gasteiger partial charge in [-0.3, -0.25) is 4.79 Å². The fourth-order valence-corrected chi connectivity index (χ4v) is 2.22. The fraction of sp³-hybridized carbons (Fsp3) is 0.0625. The predicted octanol–water partition coefficient (Wildman–Crippen LogP) is 2.74. The normalized spacial score (nSPS) is 14.8. The van der Waals surface area contributed by atoms with Crippen molar-refractivity contribution in [3.8, 4) is 0 Å². The quantitative estimate of drug-likeness (QED) is 0.786. The van der Waals surface area contributed by atoms with Crippen LogP contribution in [0.1, 0.15) is 11.1 Å². The Hall–Kier alpha value is -2.35. The van der Waals surface area contributed by atoms with E-state index < -0.39 is 0 Å². The molecule has 87 valence electrons. The van der Waals surface area contributed by atoms with E-state index in [0.29, 0.717) is 6.54 Å². The van der Waals surface area contributed by atoms with Gasteiger partial charge in [-0.25, -0.2) is 5.32 Å². The number of carbonyl (C=O) groups is 1. The maximum atomic E-state index is 11.9. The summed E-state index contributed by atoms with van der Waals surface area (Å²) in [5.74, 6) is -0.111. The van der Waals surface area contributed by atoms with Gasteiger partial charge in [0.15, 0.2) is 0 Å². The molecule has 2 aromatic carbocycles. The van der Waals surface area contributed by atoms with Crippen LogP contribution in [0.5, 0.6) is 0 Å². The zero-order valence-corrected chi connectivity index (χ0v) is 9.84. The summed E-state index contributed by atoms with van der Waals surface area (Å²) in [6.07, 6.45) is 0. The van der Waals surface area contributed by atoms with E-state index in [4.69, 9.17) is 0 Å². The van der Waals surface area contributed by atoms with Crippen molar-refractivity contribution in [2.75, 3.05) is 6.54 Å². The Morgan fingerprint density at radius 3 is 1.94 bits per heavy atom. The van der Waals surface area contributed by atoms with E-state index >= 15 is 0 Å². The number of rotatable bonds is 2. The Bertz CT molecular complexity index is 600. The molecule has 0 unspecified atom stereocenters. The van der Waals surface area contributed by atoms with Gasteiger partial charge in [0.1, 0.15) is 0 Å². The van der Waals surface area contributed by atoms with Crippen LogP contribution in [0.2, 0.25) is 0 Å². The first-order chi connectivity index (χ1) is 8.86. The first-order valence-corrected chi connectivity index (χ1v) is 5.92. The minimum atomic E-state index is -0.111. The highest BCUT2D eigenvalue weighted by molar-refractivity contribution is 6.30. The van der Waals surface area contributed by atoms with Crippen molar-refractivity contribution in [1.29, 1.82) is 0 Å². The molecule has 0 aromatic heterocycles. The zero-order valence-electron chi connectivity index (χ0n) is 9.84. The van der Waals surface area contributed by atoms with Crippen LogP contribution in [0.4, 0.5) is 0 Å². The van der Waals surface area contributed by atoms with E-state index in [1.807, 2.05) is 60.7 Å². The molecular weight excluding hydrogens is 222 g/mol. The Morgan fingerprint density at radius 1 is 0.778 bits per heavy atom. The maximum absolute atomic E-state index is 11.9. The smallest absolute Gasteiger partial charge is 0.267 e. The molecule has 0 aliphatic carbocycles. The van der Waals surface area contributed by atoms with Gasteiger partial charge in [0.05, 0.1) is 12.1 Å². The lowest BCUT2D eigenvalue weighted by Crippen LogP contribution is -2.08. The third-order valence-electron chi connectivity index (χ3n) is 3.08. The van der Waals surface area contributed by atoms with Crippen LogP contribution in [-0.2, 0) is 4.79 Å². The van der Waals surface area contributed by atoms with Gasteiger partial charge < -0.3 is 0 Å². The summed E-state index contributed by atoms with van der Waals surface area (Å²) in [7, 11) is 0. The predicted molar refractivity (Wildman–Crippen MR) is 71.7 cm³/mol. The van der Waals surface area contributed by atoms with Crippen molar-refractivity contribution in [3.05, 3.63) is 71.8 Å². The summed E-state index contributed by atoms with van der Waals surface area (Å²) < 4.78 is 0. The van der Waals surface area contributed by atoms with Gasteiger partial charge >= 0.3 is 0 Å². The molecule has 0 fully saturated rings. The molecule has 1 amide bonds. The van der Waals surface area contributed by atoms with E-state index in [1.165, 1.54) is 0 Å². The fourth-order valence-electron chi connectivity index (χ4n) is 2.22. The van der Waals surface area contributed by atoms with E-state index in [9.17, 15) is 4.79 Å². The summed E-state index contributed by atoms with van der Waals surface area (Å²) in [6, 6.07) is 19.7. The van der Waals surface area contributed by atoms with Crippen molar-refractivity contribution in [2.45, 2.75) is 0 Å². The summed E-state index contributed by atoms with van der Waals surface area (Å²) in [5, 5.41) is 4.04. The Labute approximate surface area is 106 Å². The molecule has 3 rings (SSSR count). The van der Waals surface area contributed by atoms with Gasteiger partial charge in [0, 0.05) is 0 Å². The highest BCUT2D eigenvalue weighted by Gasteiger charge is 2.25. The minimum Gasteiger partial charge on any atom is -0.267 e. The molecule has 1 radical (unpaired) electrons. The van der Waals surface area contributed by atoms with Crippen LogP contribution in [-0.4, -0.2) is 12.5 Å². The largest absolute Gasteiger partial charge is 0.273 e. The number of hydrogen-bond donors (Lipinski definition) is 0. The van der Waals surface area contributed by atoms with Gasteiger partial charge in [-0.15, -0.1) is 0 Å². The van der Waals surface area contributed by atoms with Crippen LogP contribution in [0, 0.1) is 0 Å². The second-order valence-corrected chi connectivity index (χ2v) is 4.21. The van der Waals surface area contributed by atoms with E-state index in [-0.39, 0.29) is 5.91 Å². The van der Waals surface area contributed by atoms with E-state index in [1.54, 1.807) is 0 Å². The molecular formula is C16H12NO. The molecule has 2 aromatic rings. The van der Waals surface area contributed by atoms with E-state index in [0.717, 1.165) is 22.3 Å². The maximum Gasteiger partial charge on any atom is 0.273 e. The molecule has 1 heterocycles. The van der Waals surface area contributed by atoms with Crippen molar-refractivity contribution in [3.63, 3.8) is 0 Å². The van der Waals surface area contributed by atoms with Crippen molar-refractivity contribution >= 4 is 17.1 Å². The zero-order chi connectivity index (χ0) is 12.4. The topological polar surface area (TPSA) is 31.2 Å². The molecule has 0 N–H and O–H groups in total. The second kappa shape index (κ2) is 4.49. The number of hydrogen-bond acceptors (Lipinski definition) is 1. The third-order valence-corrected chi connectivity index (χ3v) is 3.08. The Morgan fingerprint density at radius 2 is 1.33 bits per heavy atom. The van der Waals surface area contributed by atoms with Crippen molar-refractivity contribution < 1.29 is 4.79 Å². The van der Waals surface area contributed by atoms with Gasteiger partial charge in [-0.05, 0) is 16.7 Å². The lowest BCUT2D eigenvalue weighted by atomic mass is 9.97. The Balaban J connectivity index is 2.16. The van der Waals surface area contributed by atoms with Gasteiger partial charge in [0.25, 0.3) is 5.91 Å². The average molecular weight is 234 g/mol. The number of carbonyl (C=O) groups excluding carboxylic acids is 1. The summed E-state index contributed by atoms with van der Waals surface area (Å²) in [5.41, 5.74) is 3.78. The lowest BCUT2D eigenvalue weighted by Gasteiger charge is -2.05. The number of nitrogens with zero attached hydrogens (tertiary/aromatic N) is 1. The van der Waals surface area contributed by atoms with Crippen LogP contribution in [0.15, 0.2) is 60.7 Å². The minimum absolute atomic E-state index is 0.111. The number of benzene rings is 2. The highest BCUT2D eigenvalue weighted by atomic mass is 16.1. The SMILES string of the molecule is O=C1[N]CC(c2ccccc2)=C1c1ccccc1. The van der Waals surface area contributed by atoms with Crippen LogP contribution >= 0.6 is 0 Å². The van der Waals surface area contributed by atoms with Crippen LogP contribution in [0.25, 0.3) is 11.1 Å². The number of amides is 1. The monoisotopic (exact) mass is 234 g/mol. The van der Waals surface area contributed by atoms with Gasteiger partial charge in [0.2, 0.25) is 0 Å². The molecule has 0 bridgehead atoms. The molecule has 0 spiro atoms. The van der Waals surface area contributed by atoms with Gasteiger partial charge in [-0.1, -0.05) is 60.7 Å². The lowest BCUT2D eigenvalue weighted by molar-refractivity contribution is -0.115. The van der Waals surface area contributed by atoms with Crippen molar-refractivity contribution in [2.24, 2.45) is 0 Å². The molecule has 0 saturated heterocycles. The summed E-state index contributed by atoms with van der Waals surface area (Å²) >= 11 is 0. The molecule has 18 heavy (non-hydrogen) atoms. The van der Waals surface area contributed by atoms with Gasteiger partial charge in [-0.2, -0.15) is 0 Å². The molecule has 0 saturated carbocycles. The first-order valence-electron chi connectivity index (χ1n) is 5.92. The first kappa shape index (κ1) is 10.8. The second-order valence-electron chi connectivity index (χ2n) is 4.21. The highest BCUT2D eigenvalue weighted by Crippen LogP contribution is 2.30. The van der Waals surface area contributed by atoms with Crippen LogP contribution in [0.3, 0.4) is 0 Å². The molecule has 2 heteroatoms. The van der Waals surface area contributed by atoms with Crippen molar-refractivity contribution in [1.82, 2.24) is 5.32 Å². The Kier molecular flexibility index (Phi) is 2.69. The standard InChI is InChI=1S/C16H12NO/c18-16-15(13-9-5-2-6-10-13)14(11-17-16)12-7-3-1-4-8-12/h1-10H,11H2. The summed E-state index contributed by atoms with van der Waals surface area (Å²) in [6.45, 7) is 0.479. The molecule has 0 atom stereocenters. The van der Waals surface area contributed by atoms with E-state index in [2.05, 4.69) is 5.32 Å². The average Bonchev–Trinajstić information content (AvgIpc) is 2.83. The van der Waals surface area contributed by atoms with Crippen LogP contribution < -0.4 is 5.32 Å². The molecule has 1 aliphatic heterocycles. The summed E-state index contributed by atoms with van der Waals surface area (Å²) in [4.78, 5) is 11.9. The molecule has 1 aliphatic rings. The third kappa shape index (κ3) is 1.82.